The minimum Gasteiger partial charge on any atom is -0.258 e. The van der Waals surface area contributed by atoms with Gasteiger partial charge in [0.25, 0.3) is 5.69 Å². The molecule has 1 aromatic carbocycles. The Morgan fingerprint density at radius 2 is 1.75 bits per heavy atom. The number of aryl methyl sites for hydroxylation is 1. The molecule has 3 nitrogen and oxygen atoms in total. The summed E-state index contributed by atoms with van der Waals surface area (Å²) in [6.07, 6.45) is 3.29. The van der Waals surface area contributed by atoms with Gasteiger partial charge in [-0.2, -0.15) is 0 Å². The van der Waals surface area contributed by atoms with Crippen molar-refractivity contribution < 1.29 is 4.92 Å². The summed E-state index contributed by atoms with van der Waals surface area (Å²) in [4.78, 5) is 10.1. The van der Waals surface area contributed by atoms with E-state index in [2.05, 4.69) is 20.8 Å². The number of hydrogen-bond acceptors (Lipinski definition) is 2. The zero-order chi connectivity index (χ0) is 12.2. The van der Waals surface area contributed by atoms with Crippen LogP contribution in [0.4, 0.5) is 5.69 Å². The van der Waals surface area contributed by atoms with E-state index in [0.717, 1.165) is 12.8 Å². The third-order valence-corrected chi connectivity index (χ3v) is 2.54. The lowest BCUT2D eigenvalue weighted by molar-refractivity contribution is -0.384. The van der Waals surface area contributed by atoms with Gasteiger partial charge in [-0.3, -0.25) is 10.1 Å². The molecule has 0 bridgehead atoms. The molecule has 0 aliphatic rings. The summed E-state index contributed by atoms with van der Waals surface area (Å²) in [7, 11) is 0. The fourth-order valence-electron chi connectivity index (χ4n) is 1.61. The Morgan fingerprint density at radius 1 is 1.19 bits per heavy atom. The molecule has 0 radical (unpaired) electrons. The minimum atomic E-state index is -0.362. The van der Waals surface area contributed by atoms with E-state index >= 15 is 0 Å². The summed E-state index contributed by atoms with van der Waals surface area (Å²) >= 11 is 0. The van der Waals surface area contributed by atoms with Crippen LogP contribution in [0.3, 0.4) is 0 Å². The van der Waals surface area contributed by atoms with Crippen molar-refractivity contribution in [3.63, 3.8) is 0 Å². The molecule has 0 unspecified atom stereocenters. The highest BCUT2D eigenvalue weighted by atomic mass is 16.6. The molecule has 0 aromatic heterocycles. The minimum absolute atomic E-state index is 0.166. The van der Waals surface area contributed by atoms with Crippen molar-refractivity contribution in [2.45, 2.75) is 40.0 Å². The van der Waals surface area contributed by atoms with E-state index in [1.807, 2.05) is 12.1 Å². The predicted molar refractivity (Wildman–Crippen MR) is 65.5 cm³/mol. The number of benzene rings is 1. The van der Waals surface area contributed by atoms with Gasteiger partial charge in [0.05, 0.1) is 4.92 Å². The zero-order valence-corrected chi connectivity index (χ0v) is 10.2. The molecule has 0 aliphatic carbocycles. The van der Waals surface area contributed by atoms with Crippen LogP contribution in [0.5, 0.6) is 0 Å². The number of nitro benzene ring substituents is 1. The molecule has 88 valence electrons. The summed E-state index contributed by atoms with van der Waals surface area (Å²) < 4.78 is 0. The van der Waals surface area contributed by atoms with Gasteiger partial charge < -0.3 is 0 Å². The molecule has 0 N–H and O–H groups in total. The van der Waals surface area contributed by atoms with Crippen molar-refractivity contribution in [2.24, 2.45) is 5.41 Å². The van der Waals surface area contributed by atoms with E-state index in [4.69, 9.17) is 0 Å². The average Bonchev–Trinajstić information content (AvgIpc) is 2.16. The van der Waals surface area contributed by atoms with Gasteiger partial charge >= 0.3 is 0 Å². The second-order valence-corrected chi connectivity index (χ2v) is 5.34. The van der Waals surface area contributed by atoms with Gasteiger partial charge in [0.1, 0.15) is 0 Å². The third kappa shape index (κ3) is 4.43. The first-order chi connectivity index (χ1) is 7.38. The number of non-ortho nitro benzene ring substituents is 1. The Bertz CT molecular complexity index is 349. The first-order valence-corrected chi connectivity index (χ1v) is 5.62. The fourth-order valence-corrected chi connectivity index (χ4v) is 1.61. The first kappa shape index (κ1) is 12.7. The third-order valence-electron chi connectivity index (χ3n) is 2.54. The number of rotatable bonds is 4. The van der Waals surface area contributed by atoms with Gasteiger partial charge in [-0.1, -0.05) is 32.9 Å². The average molecular weight is 221 g/mol. The van der Waals surface area contributed by atoms with Crippen LogP contribution < -0.4 is 0 Å². The molecule has 1 rings (SSSR count). The van der Waals surface area contributed by atoms with Crippen LogP contribution in [-0.4, -0.2) is 4.92 Å². The maximum Gasteiger partial charge on any atom is 0.269 e. The summed E-state index contributed by atoms with van der Waals surface area (Å²) in [5, 5.41) is 10.5. The van der Waals surface area contributed by atoms with Crippen LogP contribution in [0.25, 0.3) is 0 Å². The molecule has 0 heterocycles. The van der Waals surface area contributed by atoms with E-state index in [-0.39, 0.29) is 10.6 Å². The van der Waals surface area contributed by atoms with Gasteiger partial charge in [0.2, 0.25) is 0 Å². The van der Waals surface area contributed by atoms with Crippen LogP contribution in [0.2, 0.25) is 0 Å². The van der Waals surface area contributed by atoms with E-state index in [9.17, 15) is 10.1 Å². The molecule has 0 spiro atoms. The Hall–Kier alpha value is -1.38. The summed E-state index contributed by atoms with van der Waals surface area (Å²) in [6, 6.07) is 6.85. The smallest absolute Gasteiger partial charge is 0.258 e. The standard InChI is InChI=1S/C13H19NO2/c1-13(2,3)10-4-5-11-6-8-12(9-7-11)14(15)16/h6-9H,4-5,10H2,1-3H3. The summed E-state index contributed by atoms with van der Waals surface area (Å²) in [5.74, 6) is 0. The van der Waals surface area contributed by atoms with Gasteiger partial charge in [-0.25, -0.2) is 0 Å². The van der Waals surface area contributed by atoms with Gasteiger partial charge in [0.15, 0.2) is 0 Å². The van der Waals surface area contributed by atoms with Crippen molar-refractivity contribution in [2.75, 3.05) is 0 Å². The summed E-state index contributed by atoms with van der Waals surface area (Å²) in [6.45, 7) is 6.68. The quantitative estimate of drug-likeness (QED) is 0.570. The SMILES string of the molecule is CC(C)(C)CCCc1ccc([N+](=O)[O-])cc1. The first-order valence-electron chi connectivity index (χ1n) is 5.62. The molecule has 0 saturated carbocycles. The monoisotopic (exact) mass is 221 g/mol. The molecular weight excluding hydrogens is 202 g/mol. The molecule has 1 aromatic rings. The molecule has 16 heavy (non-hydrogen) atoms. The van der Waals surface area contributed by atoms with Gasteiger partial charge in [-0.05, 0) is 30.2 Å². The summed E-state index contributed by atoms with van der Waals surface area (Å²) in [5.41, 5.74) is 1.70. The molecule has 0 fully saturated rings. The highest BCUT2D eigenvalue weighted by Crippen LogP contribution is 2.22. The van der Waals surface area contributed by atoms with Crippen LogP contribution in [0.1, 0.15) is 39.2 Å². The van der Waals surface area contributed by atoms with Crippen LogP contribution in [-0.2, 0) is 6.42 Å². The van der Waals surface area contributed by atoms with E-state index < -0.39 is 0 Å². The Kier molecular flexibility index (Phi) is 4.05. The Balaban J connectivity index is 2.47. The van der Waals surface area contributed by atoms with E-state index in [1.54, 1.807) is 12.1 Å². The number of hydrogen-bond donors (Lipinski definition) is 0. The molecular formula is C13H19NO2. The van der Waals surface area contributed by atoms with Crippen LogP contribution >= 0.6 is 0 Å². The van der Waals surface area contributed by atoms with Gasteiger partial charge in [-0.15, -0.1) is 0 Å². The fraction of sp³-hybridized carbons (Fsp3) is 0.538. The molecule has 3 heteroatoms. The Morgan fingerprint density at radius 3 is 2.19 bits per heavy atom. The molecule has 0 amide bonds. The number of nitrogens with zero attached hydrogens (tertiary/aromatic N) is 1. The normalized spacial score (nSPS) is 11.4. The Labute approximate surface area is 96.6 Å². The van der Waals surface area contributed by atoms with Crippen molar-refractivity contribution in [1.29, 1.82) is 0 Å². The topological polar surface area (TPSA) is 43.1 Å². The van der Waals surface area contributed by atoms with E-state index in [1.165, 1.54) is 12.0 Å². The largest absolute Gasteiger partial charge is 0.269 e. The lowest BCUT2D eigenvalue weighted by Gasteiger charge is -2.17. The maximum atomic E-state index is 10.5. The highest BCUT2D eigenvalue weighted by Gasteiger charge is 2.09. The highest BCUT2D eigenvalue weighted by molar-refractivity contribution is 5.32. The van der Waals surface area contributed by atoms with E-state index in [0.29, 0.717) is 5.41 Å². The lowest BCUT2D eigenvalue weighted by Crippen LogP contribution is -2.04. The number of nitro groups is 1. The molecule has 0 aliphatic heterocycles. The van der Waals surface area contributed by atoms with Crippen molar-refractivity contribution in [3.8, 4) is 0 Å². The zero-order valence-electron chi connectivity index (χ0n) is 10.2. The van der Waals surface area contributed by atoms with Crippen molar-refractivity contribution >= 4 is 5.69 Å². The molecule has 0 saturated heterocycles. The molecule has 0 atom stereocenters. The van der Waals surface area contributed by atoms with Crippen molar-refractivity contribution in [3.05, 3.63) is 39.9 Å². The van der Waals surface area contributed by atoms with Crippen LogP contribution in [0, 0.1) is 15.5 Å². The van der Waals surface area contributed by atoms with Crippen molar-refractivity contribution in [1.82, 2.24) is 0 Å². The lowest BCUT2D eigenvalue weighted by atomic mass is 9.89. The second-order valence-electron chi connectivity index (χ2n) is 5.34. The van der Waals surface area contributed by atoms with Gasteiger partial charge in [0, 0.05) is 12.1 Å². The predicted octanol–water partition coefficient (Wildman–Crippen LogP) is 3.96. The maximum absolute atomic E-state index is 10.5. The van der Waals surface area contributed by atoms with Crippen LogP contribution in [0.15, 0.2) is 24.3 Å². The second kappa shape index (κ2) is 5.10.